The number of carbonyl (C=O) groups is 2. The lowest BCUT2D eigenvalue weighted by Gasteiger charge is -2.16. The number of nitrogens with one attached hydrogen (secondary N) is 2. The Bertz CT molecular complexity index is 1140. The number of rotatable bonds is 8. The van der Waals surface area contributed by atoms with Crippen molar-refractivity contribution < 1.29 is 28.2 Å². The lowest BCUT2D eigenvalue weighted by Crippen LogP contribution is -2.32. The van der Waals surface area contributed by atoms with E-state index in [4.69, 9.17) is 22.1 Å². The molecular weight excluding hydrogens is 456 g/mol. The number of nitrogens with zero attached hydrogens (tertiary/aromatic N) is 1. The highest BCUT2D eigenvalue weighted by Crippen LogP contribution is 2.30. The van der Waals surface area contributed by atoms with Crippen LogP contribution in [0.5, 0.6) is 0 Å². The number of benzene rings is 1. The normalized spacial score (nSPS) is 15.2. The van der Waals surface area contributed by atoms with Crippen LogP contribution in [0.4, 0.5) is 30.6 Å². The van der Waals surface area contributed by atoms with Crippen molar-refractivity contribution in [1.29, 1.82) is 0 Å². The number of hydrogen-bond donors (Lipinski definition) is 3. The molecule has 0 spiro atoms. The van der Waals surface area contributed by atoms with Crippen LogP contribution in [0.15, 0.2) is 41.2 Å². The maximum atomic E-state index is 14.8. The van der Waals surface area contributed by atoms with Crippen molar-refractivity contribution in [2.45, 2.75) is 25.9 Å². The SMILES string of the molecule is CC(=S)NC[C@H]1CN(c2cc(F)c(Nc3ccc(CCC(=O)O)ccc3=O)c(F)c2)C(=O)O1. The second kappa shape index (κ2) is 10.3. The van der Waals surface area contributed by atoms with E-state index in [1.54, 1.807) is 6.92 Å². The minimum atomic E-state index is -1.01. The van der Waals surface area contributed by atoms with Crippen molar-refractivity contribution in [2.24, 2.45) is 0 Å². The predicted molar refractivity (Wildman–Crippen MR) is 122 cm³/mol. The molecule has 0 saturated carbocycles. The Labute approximate surface area is 193 Å². The Morgan fingerprint density at radius 1 is 1.21 bits per heavy atom. The van der Waals surface area contributed by atoms with E-state index in [0.717, 1.165) is 17.0 Å². The van der Waals surface area contributed by atoms with E-state index in [9.17, 15) is 23.2 Å². The molecular formula is C22H21F2N3O5S. The zero-order valence-electron chi connectivity index (χ0n) is 17.6. The monoisotopic (exact) mass is 477 g/mol. The highest BCUT2D eigenvalue weighted by Gasteiger charge is 2.33. The van der Waals surface area contributed by atoms with Gasteiger partial charge in [-0.1, -0.05) is 24.4 Å². The molecule has 3 N–H and O–H groups in total. The summed E-state index contributed by atoms with van der Waals surface area (Å²) in [6, 6.07) is 7.44. The molecule has 174 valence electrons. The number of hydrogen-bond acceptors (Lipinski definition) is 6. The van der Waals surface area contributed by atoms with Gasteiger partial charge in [-0.3, -0.25) is 14.5 Å². The maximum Gasteiger partial charge on any atom is 0.414 e. The van der Waals surface area contributed by atoms with E-state index in [2.05, 4.69) is 10.6 Å². The van der Waals surface area contributed by atoms with Gasteiger partial charge < -0.3 is 20.5 Å². The zero-order valence-corrected chi connectivity index (χ0v) is 18.4. The second-order valence-electron chi connectivity index (χ2n) is 7.38. The smallest absolute Gasteiger partial charge is 0.414 e. The summed E-state index contributed by atoms with van der Waals surface area (Å²) in [6.07, 6.45) is -1.20. The summed E-state index contributed by atoms with van der Waals surface area (Å²) < 4.78 is 34.7. The molecule has 3 rings (SSSR count). The predicted octanol–water partition coefficient (Wildman–Crippen LogP) is 3.35. The Balaban J connectivity index is 1.79. The van der Waals surface area contributed by atoms with Gasteiger partial charge in [-0.25, -0.2) is 13.6 Å². The summed E-state index contributed by atoms with van der Waals surface area (Å²) in [4.78, 5) is 36.8. The molecule has 1 atom stereocenters. The third-order valence-corrected chi connectivity index (χ3v) is 5.00. The van der Waals surface area contributed by atoms with E-state index in [0.29, 0.717) is 10.6 Å². The molecule has 0 radical (unpaired) electrons. The van der Waals surface area contributed by atoms with Gasteiger partial charge in [0.1, 0.15) is 11.8 Å². The van der Waals surface area contributed by atoms with Gasteiger partial charge in [-0.15, -0.1) is 0 Å². The quantitative estimate of drug-likeness (QED) is 0.497. The molecule has 2 aromatic carbocycles. The van der Waals surface area contributed by atoms with Crippen molar-refractivity contribution in [2.75, 3.05) is 23.3 Å². The molecule has 1 amide bonds. The van der Waals surface area contributed by atoms with Crippen molar-refractivity contribution >= 4 is 46.3 Å². The van der Waals surface area contributed by atoms with Crippen LogP contribution in [0.3, 0.4) is 0 Å². The van der Waals surface area contributed by atoms with Crippen LogP contribution in [0.25, 0.3) is 0 Å². The summed E-state index contributed by atoms with van der Waals surface area (Å²) in [5, 5.41) is 14.1. The van der Waals surface area contributed by atoms with Crippen molar-refractivity contribution in [3.63, 3.8) is 0 Å². The van der Waals surface area contributed by atoms with E-state index >= 15 is 0 Å². The third kappa shape index (κ3) is 6.22. The van der Waals surface area contributed by atoms with E-state index in [1.807, 2.05) is 0 Å². The molecule has 8 nitrogen and oxygen atoms in total. The first-order valence-corrected chi connectivity index (χ1v) is 10.4. The van der Waals surface area contributed by atoms with Crippen LogP contribution in [-0.4, -0.2) is 41.4 Å². The summed E-state index contributed by atoms with van der Waals surface area (Å²) in [7, 11) is 0. The highest BCUT2D eigenvalue weighted by molar-refractivity contribution is 7.80. The minimum Gasteiger partial charge on any atom is -0.481 e. The number of anilines is 3. The summed E-state index contributed by atoms with van der Waals surface area (Å²) in [5.74, 6) is -3.00. The van der Waals surface area contributed by atoms with Gasteiger partial charge in [0.25, 0.3) is 0 Å². The standard InChI is InChI=1S/C22H21F2N3O5S/c1-12(33)25-10-15-11-27(22(31)32-15)14-8-16(23)21(17(24)9-14)26-18-5-2-13(3-6-19(18)28)4-7-20(29)30/h2-3,5-6,8-9,15H,4,7,10-11H2,1H3,(H,25,33)(H,26,28)(H,29,30)/t15-/m0/s1. The minimum absolute atomic E-state index is 0.0287. The topological polar surface area (TPSA) is 108 Å². The fourth-order valence-electron chi connectivity index (χ4n) is 3.19. The lowest BCUT2D eigenvalue weighted by atomic mass is 10.1. The van der Waals surface area contributed by atoms with Crippen LogP contribution < -0.4 is 21.0 Å². The Kier molecular flexibility index (Phi) is 7.54. The van der Waals surface area contributed by atoms with Gasteiger partial charge in [0.05, 0.1) is 29.5 Å². The Morgan fingerprint density at radius 2 is 1.88 bits per heavy atom. The number of ether oxygens (including phenoxy) is 1. The van der Waals surface area contributed by atoms with Crippen LogP contribution >= 0.6 is 12.2 Å². The largest absolute Gasteiger partial charge is 0.481 e. The fourth-order valence-corrected chi connectivity index (χ4v) is 3.27. The molecule has 0 unspecified atom stereocenters. The van der Waals surface area contributed by atoms with Gasteiger partial charge >= 0.3 is 12.1 Å². The van der Waals surface area contributed by atoms with Crippen LogP contribution in [0, 0.1) is 11.6 Å². The Morgan fingerprint density at radius 3 is 2.52 bits per heavy atom. The molecule has 1 aliphatic heterocycles. The zero-order chi connectivity index (χ0) is 24.1. The van der Waals surface area contributed by atoms with Crippen molar-refractivity contribution in [1.82, 2.24) is 5.32 Å². The molecule has 2 aromatic rings. The molecule has 0 bridgehead atoms. The van der Waals surface area contributed by atoms with E-state index < -0.39 is 40.9 Å². The number of aryl methyl sites for hydroxylation is 1. The molecule has 33 heavy (non-hydrogen) atoms. The number of amides is 1. The summed E-state index contributed by atoms with van der Waals surface area (Å²) in [5.41, 5.74) is -0.634. The number of thiocarbonyl (C=S) groups is 1. The molecule has 1 fully saturated rings. The van der Waals surface area contributed by atoms with Crippen LogP contribution in [0.2, 0.25) is 0 Å². The van der Waals surface area contributed by atoms with E-state index in [-0.39, 0.29) is 37.3 Å². The van der Waals surface area contributed by atoms with Crippen LogP contribution in [-0.2, 0) is 16.0 Å². The number of carboxylic acid groups (broad SMARTS) is 1. The lowest BCUT2D eigenvalue weighted by molar-refractivity contribution is -0.136. The van der Waals surface area contributed by atoms with Gasteiger partial charge in [0.2, 0.25) is 5.43 Å². The first-order chi connectivity index (χ1) is 15.6. The fraction of sp³-hybridized carbons (Fsp3) is 0.273. The second-order valence-corrected chi connectivity index (χ2v) is 7.99. The summed E-state index contributed by atoms with van der Waals surface area (Å²) >= 11 is 4.91. The first-order valence-electron chi connectivity index (χ1n) is 9.97. The molecule has 1 aliphatic rings. The Hall–Kier alpha value is -3.60. The molecule has 1 saturated heterocycles. The van der Waals surface area contributed by atoms with Gasteiger partial charge in [-0.2, -0.15) is 0 Å². The van der Waals surface area contributed by atoms with Crippen molar-refractivity contribution in [3.8, 4) is 0 Å². The average molecular weight is 477 g/mol. The van der Waals surface area contributed by atoms with Gasteiger partial charge in [0.15, 0.2) is 11.6 Å². The number of carbonyl (C=O) groups excluding carboxylic acids is 1. The highest BCUT2D eigenvalue weighted by atomic mass is 32.1. The number of carboxylic acids is 1. The number of cyclic esters (lactones) is 1. The third-order valence-electron chi connectivity index (χ3n) is 4.86. The van der Waals surface area contributed by atoms with E-state index in [1.165, 1.54) is 24.3 Å². The summed E-state index contributed by atoms with van der Waals surface area (Å²) in [6.45, 7) is 2.03. The van der Waals surface area contributed by atoms with Gasteiger partial charge in [0, 0.05) is 18.6 Å². The molecule has 0 aliphatic carbocycles. The average Bonchev–Trinajstić information content (AvgIpc) is 3.02. The molecule has 11 heteroatoms. The molecule has 0 aromatic heterocycles. The van der Waals surface area contributed by atoms with Gasteiger partial charge in [-0.05, 0) is 31.0 Å². The molecule has 1 heterocycles. The van der Waals surface area contributed by atoms with Crippen molar-refractivity contribution in [3.05, 3.63) is 63.8 Å². The van der Waals surface area contributed by atoms with Crippen LogP contribution in [0.1, 0.15) is 18.9 Å². The number of aliphatic carboxylic acids is 1. The first kappa shape index (κ1) is 24.1. The maximum absolute atomic E-state index is 14.8. The number of halogens is 2.